The molecule has 1 fully saturated rings. The summed E-state index contributed by atoms with van der Waals surface area (Å²) in [5.74, 6) is -0.175. The molecule has 104 valence electrons. The van der Waals surface area contributed by atoms with E-state index in [2.05, 4.69) is 15.2 Å². The van der Waals surface area contributed by atoms with Crippen molar-refractivity contribution in [2.75, 3.05) is 39.4 Å². The maximum absolute atomic E-state index is 11.9. The number of pyridine rings is 1. The molecule has 0 saturated carbocycles. The number of morpholine rings is 1. The quantitative estimate of drug-likeness (QED) is 0.841. The Balaban J connectivity index is 1.80. The normalized spacial score (nSPS) is 16.3. The van der Waals surface area contributed by atoms with E-state index in [0.717, 1.165) is 38.5 Å². The second-order valence-corrected chi connectivity index (χ2v) is 4.86. The summed E-state index contributed by atoms with van der Waals surface area (Å²) in [6, 6.07) is 3.48. The number of rotatable bonds is 4. The molecule has 1 aromatic heterocycles. The summed E-state index contributed by atoms with van der Waals surface area (Å²) in [4.78, 5) is 18.3. The Bertz CT molecular complexity index is 448. The zero-order valence-electron chi connectivity index (χ0n) is 11.0. The van der Waals surface area contributed by atoms with Crippen molar-refractivity contribution in [3.63, 3.8) is 0 Å². The topological polar surface area (TPSA) is 54.5 Å². The molecule has 0 atom stereocenters. The number of carbonyl (C=O) groups is 1. The monoisotopic (exact) mass is 283 g/mol. The molecular formula is C13H18ClN3O2. The van der Waals surface area contributed by atoms with Crippen LogP contribution in [0.3, 0.4) is 0 Å². The molecule has 6 heteroatoms. The SMILES string of the molecule is Cc1ccc(C(=O)NCCN2CCOCC2)c(Cl)n1. The van der Waals surface area contributed by atoms with Gasteiger partial charge in [0.05, 0.1) is 18.8 Å². The first kappa shape index (κ1) is 14.2. The average Bonchev–Trinajstić information content (AvgIpc) is 2.39. The summed E-state index contributed by atoms with van der Waals surface area (Å²) in [5.41, 5.74) is 1.23. The van der Waals surface area contributed by atoms with Gasteiger partial charge in [-0.15, -0.1) is 0 Å². The number of carbonyl (C=O) groups excluding carboxylic acids is 1. The Morgan fingerprint density at radius 1 is 1.47 bits per heavy atom. The molecule has 1 aliphatic heterocycles. The first-order valence-corrected chi connectivity index (χ1v) is 6.76. The highest BCUT2D eigenvalue weighted by Gasteiger charge is 2.13. The number of amides is 1. The largest absolute Gasteiger partial charge is 0.379 e. The second-order valence-electron chi connectivity index (χ2n) is 4.50. The standard InChI is InChI=1S/C13H18ClN3O2/c1-10-2-3-11(12(14)16-10)13(18)15-4-5-17-6-8-19-9-7-17/h2-3H,4-9H2,1H3,(H,15,18). The van der Waals surface area contributed by atoms with E-state index in [1.165, 1.54) is 0 Å². The fraction of sp³-hybridized carbons (Fsp3) is 0.538. The molecule has 5 nitrogen and oxygen atoms in total. The van der Waals surface area contributed by atoms with E-state index in [-0.39, 0.29) is 11.1 Å². The van der Waals surface area contributed by atoms with Crippen LogP contribution in [0, 0.1) is 6.92 Å². The highest BCUT2D eigenvalue weighted by molar-refractivity contribution is 6.32. The van der Waals surface area contributed by atoms with Gasteiger partial charge in [0, 0.05) is 31.9 Å². The van der Waals surface area contributed by atoms with Gasteiger partial charge < -0.3 is 10.1 Å². The molecule has 0 radical (unpaired) electrons. The van der Waals surface area contributed by atoms with Crippen molar-refractivity contribution in [3.05, 3.63) is 28.5 Å². The molecular weight excluding hydrogens is 266 g/mol. The number of ether oxygens (including phenoxy) is 1. The van der Waals surface area contributed by atoms with Crippen LogP contribution >= 0.6 is 11.6 Å². The number of nitrogens with zero attached hydrogens (tertiary/aromatic N) is 2. The fourth-order valence-electron chi connectivity index (χ4n) is 1.94. The van der Waals surface area contributed by atoms with Crippen LogP contribution in [0.5, 0.6) is 0 Å². The summed E-state index contributed by atoms with van der Waals surface area (Å²) in [7, 11) is 0. The second kappa shape index (κ2) is 6.84. The summed E-state index contributed by atoms with van der Waals surface area (Å²) in [5, 5.41) is 3.11. The zero-order chi connectivity index (χ0) is 13.7. The maximum Gasteiger partial charge on any atom is 0.254 e. The molecule has 1 saturated heterocycles. The predicted octanol–water partition coefficient (Wildman–Crippen LogP) is 1.11. The Morgan fingerprint density at radius 2 is 2.21 bits per heavy atom. The van der Waals surface area contributed by atoms with Crippen molar-refractivity contribution < 1.29 is 9.53 Å². The van der Waals surface area contributed by atoms with Gasteiger partial charge in [0.15, 0.2) is 0 Å². The van der Waals surface area contributed by atoms with E-state index >= 15 is 0 Å². The van der Waals surface area contributed by atoms with E-state index in [1.54, 1.807) is 12.1 Å². The molecule has 0 bridgehead atoms. The number of hydrogen-bond acceptors (Lipinski definition) is 4. The molecule has 1 aromatic rings. The van der Waals surface area contributed by atoms with Crippen molar-refractivity contribution in [1.82, 2.24) is 15.2 Å². The lowest BCUT2D eigenvalue weighted by Gasteiger charge is -2.26. The Kier molecular flexibility index (Phi) is 5.13. The minimum absolute atomic E-state index is 0.175. The maximum atomic E-state index is 11.9. The van der Waals surface area contributed by atoms with Gasteiger partial charge in [-0.3, -0.25) is 9.69 Å². The van der Waals surface area contributed by atoms with Gasteiger partial charge in [0.2, 0.25) is 0 Å². The van der Waals surface area contributed by atoms with Gasteiger partial charge in [-0.1, -0.05) is 11.6 Å². The van der Waals surface area contributed by atoms with Crippen molar-refractivity contribution in [2.24, 2.45) is 0 Å². The van der Waals surface area contributed by atoms with Crippen LogP contribution in [0.15, 0.2) is 12.1 Å². The molecule has 1 N–H and O–H groups in total. The highest BCUT2D eigenvalue weighted by Crippen LogP contribution is 2.13. The van der Waals surface area contributed by atoms with Crippen LogP contribution in [0.25, 0.3) is 0 Å². The molecule has 19 heavy (non-hydrogen) atoms. The van der Waals surface area contributed by atoms with Crippen molar-refractivity contribution >= 4 is 17.5 Å². The Hall–Kier alpha value is -1.17. The number of hydrogen-bond donors (Lipinski definition) is 1. The summed E-state index contributed by atoms with van der Waals surface area (Å²) >= 11 is 5.95. The van der Waals surface area contributed by atoms with E-state index < -0.39 is 0 Å². The zero-order valence-corrected chi connectivity index (χ0v) is 11.7. The summed E-state index contributed by atoms with van der Waals surface area (Å²) in [6.45, 7) is 6.63. The number of nitrogens with one attached hydrogen (secondary N) is 1. The minimum Gasteiger partial charge on any atom is -0.379 e. The number of aryl methyl sites for hydroxylation is 1. The Labute approximate surface area is 117 Å². The lowest BCUT2D eigenvalue weighted by Crippen LogP contribution is -2.41. The summed E-state index contributed by atoms with van der Waals surface area (Å²) < 4.78 is 5.27. The minimum atomic E-state index is -0.175. The van der Waals surface area contributed by atoms with Gasteiger partial charge in [-0.05, 0) is 19.1 Å². The van der Waals surface area contributed by atoms with Gasteiger partial charge in [0.1, 0.15) is 5.15 Å². The van der Waals surface area contributed by atoms with Crippen LogP contribution in [-0.2, 0) is 4.74 Å². The first-order chi connectivity index (χ1) is 9.16. The third kappa shape index (κ3) is 4.16. The molecule has 2 heterocycles. The molecule has 1 amide bonds. The smallest absolute Gasteiger partial charge is 0.254 e. The van der Waals surface area contributed by atoms with E-state index in [4.69, 9.17) is 16.3 Å². The number of halogens is 1. The van der Waals surface area contributed by atoms with Gasteiger partial charge in [-0.25, -0.2) is 4.98 Å². The molecule has 0 aliphatic carbocycles. The van der Waals surface area contributed by atoms with E-state index in [0.29, 0.717) is 12.1 Å². The molecule has 0 aromatic carbocycles. The fourth-order valence-corrected chi connectivity index (χ4v) is 2.22. The summed E-state index contributed by atoms with van der Waals surface area (Å²) in [6.07, 6.45) is 0. The average molecular weight is 284 g/mol. The van der Waals surface area contributed by atoms with Crippen LogP contribution in [0.1, 0.15) is 16.1 Å². The third-order valence-corrected chi connectivity index (χ3v) is 3.34. The highest BCUT2D eigenvalue weighted by atomic mass is 35.5. The van der Waals surface area contributed by atoms with Gasteiger partial charge in [0.25, 0.3) is 5.91 Å². The van der Waals surface area contributed by atoms with Crippen LogP contribution in [0.2, 0.25) is 5.15 Å². The van der Waals surface area contributed by atoms with Crippen LogP contribution < -0.4 is 5.32 Å². The van der Waals surface area contributed by atoms with Crippen molar-refractivity contribution in [1.29, 1.82) is 0 Å². The molecule has 0 spiro atoms. The number of aromatic nitrogens is 1. The third-order valence-electron chi connectivity index (χ3n) is 3.05. The van der Waals surface area contributed by atoms with Crippen molar-refractivity contribution in [2.45, 2.75) is 6.92 Å². The lowest BCUT2D eigenvalue weighted by molar-refractivity contribution is 0.0383. The van der Waals surface area contributed by atoms with E-state index in [1.807, 2.05) is 6.92 Å². The first-order valence-electron chi connectivity index (χ1n) is 6.38. The Morgan fingerprint density at radius 3 is 2.89 bits per heavy atom. The van der Waals surface area contributed by atoms with Gasteiger partial charge in [-0.2, -0.15) is 0 Å². The molecule has 2 rings (SSSR count). The van der Waals surface area contributed by atoms with Crippen LogP contribution in [0.4, 0.5) is 0 Å². The molecule has 0 unspecified atom stereocenters. The predicted molar refractivity (Wildman–Crippen MR) is 73.6 cm³/mol. The van der Waals surface area contributed by atoms with E-state index in [9.17, 15) is 4.79 Å². The molecule has 1 aliphatic rings. The van der Waals surface area contributed by atoms with Crippen LogP contribution in [-0.4, -0.2) is 55.2 Å². The van der Waals surface area contributed by atoms with Crippen molar-refractivity contribution in [3.8, 4) is 0 Å². The van der Waals surface area contributed by atoms with Gasteiger partial charge >= 0.3 is 0 Å². The lowest BCUT2D eigenvalue weighted by atomic mass is 10.2.